The average molecular weight is 393 g/mol. The molecule has 0 N–H and O–H groups in total. The van der Waals surface area contributed by atoms with E-state index in [4.69, 9.17) is 14.0 Å². The van der Waals surface area contributed by atoms with Gasteiger partial charge in [0.05, 0.1) is 13.7 Å². The molecule has 1 saturated heterocycles. The van der Waals surface area contributed by atoms with Gasteiger partial charge in [0.25, 0.3) is 5.89 Å². The first-order valence-corrected chi connectivity index (χ1v) is 9.64. The summed E-state index contributed by atoms with van der Waals surface area (Å²) in [5.74, 6) is 2.57. The number of carbonyl (C=O) groups is 1. The Bertz CT molecular complexity index is 984. The third-order valence-electron chi connectivity index (χ3n) is 4.99. The fourth-order valence-electron chi connectivity index (χ4n) is 3.52. The van der Waals surface area contributed by atoms with E-state index in [0.717, 1.165) is 22.6 Å². The molecule has 150 valence electrons. The van der Waals surface area contributed by atoms with Crippen LogP contribution in [0.15, 0.2) is 53.1 Å². The zero-order valence-corrected chi connectivity index (χ0v) is 16.5. The number of nitrogens with zero attached hydrogens (tertiary/aromatic N) is 3. The van der Waals surface area contributed by atoms with E-state index in [1.807, 2.05) is 60.4 Å². The highest BCUT2D eigenvalue weighted by Gasteiger charge is 2.34. The van der Waals surface area contributed by atoms with Gasteiger partial charge in [-0.05, 0) is 37.3 Å². The highest BCUT2D eigenvalue weighted by atomic mass is 16.5. The van der Waals surface area contributed by atoms with E-state index in [1.165, 1.54) is 0 Å². The van der Waals surface area contributed by atoms with Crippen LogP contribution in [0.3, 0.4) is 0 Å². The summed E-state index contributed by atoms with van der Waals surface area (Å²) in [7, 11) is 1.63. The molecule has 4 rings (SSSR count). The van der Waals surface area contributed by atoms with Crippen LogP contribution in [0, 0.1) is 0 Å². The van der Waals surface area contributed by atoms with Crippen LogP contribution in [0.25, 0.3) is 11.5 Å². The van der Waals surface area contributed by atoms with Crippen molar-refractivity contribution in [2.45, 2.75) is 25.8 Å². The van der Waals surface area contributed by atoms with E-state index in [2.05, 4.69) is 10.1 Å². The number of rotatable bonds is 7. The highest BCUT2D eigenvalue weighted by Crippen LogP contribution is 2.31. The lowest BCUT2D eigenvalue weighted by atomic mass is 10.1. The molecule has 2 aromatic carbocycles. The Labute approximate surface area is 169 Å². The van der Waals surface area contributed by atoms with Gasteiger partial charge in [-0.3, -0.25) is 4.79 Å². The lowest BCUT2D eigenvalue weighted by Gasteiger charge is -2.17. The van der Waals surface area contributed by atoms with Gasteiger partial charge in [-0.25, -0.2) is 0 Å². The molecule has 1 aliphatic heterocycles. The van der Waals surface area contributed by atoms with Crippen LogP contribution >= 0.6 is 0 Å². The number of likely N-dealkylation sites (tertiary alicyclic amines) is 1. The van der Waals surface area contributed by atoms with Crippen LogP contribution in [0.2, 0.25) is 0 Å². The predicted molar refractivity (Wildman–Crippen MR) is 107 cm³/mol. The summed E-state index contributed by atoms with van der Waals surface area (Å²) >= 11 is 0. The standard InChI is InChI=1S/C22H23N3O4/c1-3-28-18-10-8-15(9-11-18)22-23-21(24-29-22)17-12-20(26)25(14-17)13-16-6-4-5-7-19(16)27-2/h4-11,17H,3,12-14H2,1-2H3/t17-/m0/s1. The summed E-state index contributed by atoms with van der Waals surface area (Å²) in [5, 5.41) is 4.12. The third-order valence-corrected chi connectivity index (χ3v) is 4.99. The van der Waals surface area contributed by atoms with E-state index >= 15 is 0 Å². The molecule has 0 saturated carbocycles. The van der Waals surface area contributed by atoms with Gasteiger partial charge in [0.1, 0.15) is 11.5 Å². The number of ether oxygens (including phenoxy) is 2. The summed E-state index contributed by atoms with van der Waals surface area (Å²) in [4.78, 5) is 18.9. The minimum absolute atomic E-state index is 0.0772. The zero-order chi connectivity index (χ0) is 20.2. The average Bonchev–Trinajstić information content (AvgIpc) is 3.37. The Morgan fingerprint density at radius 2 is 1.97 bits per heavy atom. The minimum Gasteiger partial charge on any atom is -0.496 e. The second-order valence-electron chi connectivity index (χ2n) is 6.90. The highest BCUT2D eigenvalue weighted by molar-refractivity contribution is 5.79. The lowest BCUT2D eigenvalue weighted by molar-refractivity contribution is -0.128. The van der Waals surface area contributed by atoms with Gasteiger partial charge in [-0.15, -0.1) is 0 Å². The molecule has 0 aliphatic carbocycles. The molecule has 7 nitrogen and oxygen atoms in total. The van der Waals surface area contributed by atoms with Crippen LogP contribution in [0.5, 0.6) is 11.5 Å². The minimum atomic E-state index is -0.0857. The maximum Gasteiger partial charge on any atom is 0.257 e. The molecular formula is C22H23N3O4. The summed E-state index contributed by atoms with van der Waals surface area (Å²) in [6, 6.07) is 15.2. The molecule has 1 atom stereocenters. The van der Waals surface area contributed by atoms with Crippen LogP contribution in [-0.4, -0.2) is 41.2 Å². The van der Waals surface area contributed by atoms with E-state index in [-0.39, 0.29) is 11.8 Å². The van der Waals surface area contributed by atoms with Crippen LogP contribution in [0.4, 0.5) is 0 Å². The molecule has 1 amide bonds. The van der Waals surface area contributed by atoms with Crippen molar-refractivity contribution in [3.8, 4) is 23.0 Å². The number of methoxy groups -OCH3 is 1. The molecule has 2 heterocycles. The molecule has 29 heavy (non-hydrogen) atoms. The number of hydrogen-bond donors (Lipinski definition) is 0. The van der Waals surface area contributed by atoms with Crippen molar-refractivity contribution >= 4 is 5.91 Å². The van der Waals surface area contributed by atoms with E-state index in [9.17, 15) is 4.79 Å². The largest absolute Gasteiger partial charge is 0.496 e. The fourth-order valence-corrected chi connectivity index (χ4v) is 3.52. The topological polar surface area (TPSA) is 77.7 Å². The van der Waals surface area contributed by atoms with Crippen LogP contribution in [-0.2, 0) is 11.3 Å². The Kier molecular flexibility index (Phi) is 5.46. The van der Waals surface area contributed by atoms with Gasteiger partial charge >= 0.3 is 0 Å². The second kappa shape index (κ2) is 8.34. The van der Waals surface area contributed by atoms with Gasteiger partial charge in [-0.2, -0.15) is 4.98 Å². The Balaban J connectivity index is 1.45. The van der Waals surface area contributed by atoms with Gasteiger partial charge in [0, 0.05) is 36.6 Å². The first kappa shape index (κ1) is 19.0. The van der Waals surface area contributed by atoms with Crippen molar-refractivity contribution in [3.05, 3.63) is 59.9 Å². The van der Waals surface area contributed by atoms with Crippen LogP contribution < -0.4 is 9.47 Å². The normalized spacial score (nSPS) is 16.3. The number of aromatic nitrogens is 2. The molecule has 0 spiro atoms. The first-order chi connectivity index (χ1) is 14.2. The molecule has 1 fully saturated rings. The summed E-state index contributed by atoms with van der Waals surface area (Å²) in [5.41, 5.74) is 1.80. The Morgan fingerprint density at radius 1 is 1.17 bits per heavy atom. The Morgan fingerprint density at radius 3 is 2.72 bits per heavy atom. The predicted octanol–water partition coefficient (Wildman–Crippen LogP) is 3.66. The van der Waals surface area contributed by atoms with Crippen molar-refractivity contribution in [1.29, 1.82) is 0 Å². The number of carbonyl (C=O) groups excluding carboxylic acids is 1. The SMILES string of the molecule is CCOc1ccc(-c2nc([C@H]3CC(=O)N(Cc4ccccc4OC)C3)no2)cc1. The van der Waals surface area contributed by atoms with Crippen molar-refractivity contribution < 1.29 is 18.8 Å². The maximum absolute atomic E-state index is 12.5. The molecule has 0 bridgehead atoms. The molecule has 0 radical (unpaired) electrons. The summed E-state index contributed by atoms with van der Waals surface area (Å²) in [6.07, 6.45) is 0.372. The third kappa shape index (κ3) is 4.08. The number of hydrogen-bond acceptors (Lipinski definition) is 6. The van der Waals surface area contributed by atoms with E-state index < -0.39 is 0 Å². The molecular weight excluding hydrogens is 370 g/mol. The van der Waals surface area contributed by atoms with Gasteiger partial charge in [0.15, 0.2) is 5.82 Å². The lowest BCUT2D eigenvalue weighted by Crippen LogP contribution is -2.24. The Hall–Kier alpha value is -3.35. The van der Waals surface area contributed by atoms with E-state index in [0.29, 0.717) is 37.8 Å². The van der Waals surface area contributed by atoms with Crippen molar-refractivity contribution in [2.75, 3.05) is 20.3 Å². The van der Waals surface area contributed by atoms with E-state index in [1.54, 1.807) is 7.11 Å². The smallest absolute Gasteiger partial charge is 0.257 e. The number of amides is 1. The summed E-state index contributed by atoms with van der Waals surface area (Å²) < 4.78 is 16.3. The quantitative estimate of drug-likeness (QED) is 0.610. The monoisotopic (exact) mass is 393 g/mol. The molecule has 1 aromatic heterocycles. The number of para-hydroxylation sites is 1. The maximum atomic E-state index is 12.5. The molecule has 0 unspecified atom stereocenters. The molecule has 7 heteroatoms. The fraction of sp³-hybridized carbons (Fsp3) is 0.318. The van der Waals surface area contributed by atoms with Crippen LogP contribution in [0.1, 0.15) is 30.7 Å². The van der Waals surface area contributed by atoms with Gasteiger partial charge < -0.3 is 18.9 Å². The number of benzene rings is 2. The zero-order valence-electron chi connectivity index (χ0n) is 16.5. The summed E-state index contributed by atoms with van der Waals surface area (Å²) in [6.45, 7) is 3.62. The van der Waals surface area contributed by atoms with Gasteiger partial charge in [0.2, 0.25) is 5.91 Å². The second-order valence-corrected chi connectivity index (χ2v) is 6.90. The van der Waals surface area contributed by atoms with Crippen molar-refractivity contribution in [3.63, 3.8) is 0 Å². The van der Waals surface area contributed by atoms with Crippen molar-refractivity contribution in [1.82, 2.24) is 15.0 Å². The van der Waals surface area contributed by atoms with Gasteiger partial charge in [-0.1, -0.05) is 23.4 Å². The first-order valence-electron chi connectivity index (χ1n) is 9.64. The van der Waals surface area contributed by atoms with Crippen molar-refractivity contribution in [2.24, 2.45) is 0 Å². The molecule has 3 aromatic rings. The molecule has 1 aliphatic rings.